The van der Waals surface area contributed by atoms with Crippen LogP contribution in [0.2, 0.25) is 0 Å². The first-order chi connectivity index (χ1) is 32.8. The number of aryl methyl sites for hydroxylation is 4. The molecule has 6 nitrogen and oxygen atoms in total. The Morgan fingerprint density at radius 2 is 0.944 bits per heavy atom. The molecule has 0 saturated carbocycles. The number of aromatic nitrogens is 2. The van der Waals surface area contributed by atoms with E-state index in [2.05, 4.69) is 184 Å². The Kier molecular flexibility index (Phi) is 23.1. The summed E-state index contributed by atoms with van der Waals surface area (Å²) in [6.45, 7) is 29.9. The van der Waals surface area contributed by atoms with Crippen LogP contribution in [0.1, 0.15) is 127 Å². The van der Waals surface area contributed by atoms with Crippen molar-refractivity contribution in [1.29, 1.82) is 0 Å². The number of hydrogen-bond donors (Lipinski definition) is 2. The molecular weight excluding hydrogens is 1290 g/mol. The summed E-state index contributed by atoms with van der Waals surface area (Å²) in [4.78, 5) is 32.1. The van der Waals surface area contributed by atoms with E-state index in [0.29, 0.717) is 11.8 Å². The third-order valence-electron chi connectivity index (χ3n) is 11.1. The van der Waals surface area contributed by atoms with Crippen LogP contribution in [0, 0.1) is 39.8 Å². The van der Waals surface area contributed by atoms with Crippen LogP contribution in [0.4, 0.5) is 0 Å². The molecule has 0 aliphatic carbocycles. The van der Waals surface area contributed by atoms with Crippen LogP contribution in [0.5, 0.6) is 0 Å². The number of benzene rings is 4. The topological polar surface area (TPSA) is 100 Å². The summed E-state index contributed by atoms with van der Waals surface area (Å²) < 4.78 is 2.54. The van der Waals surface area contributed by atoms with E-state index in [1.807, 2.05) is 35.1 Å². The van der Waals surface area contributed by atoms with Crippen molar-refractivity contribution in [2.45, 2.75) is 121 Å². The second kappa shape index (κ2) is 27.2. The van der Waals surface area contributed by atoms with Gasteiger partial charge in [-0.1, -0.05) is 131 Å². The number of thiophene rings is 2. The third kappa shape index (κ3) is 18.1. The molecule has 2 N–H and O–H groups in total. The minimum Gasteiger partial charge on any atom is -0.512 e. The van der Waals surface area contributed by atoms with E-state index in [1.54, 1.807) is 0 Å². The van der Waals surface area contributed by atoms with Crippen molar-refractivity contribution >= 4 is 54.4 Å². The van der Waals surface area contributed by atoms with Crippen LogP contribution in [-0.2, 0) is 55.2 Å². The predicted molar refractivity (Wildman–Crippen MR) is 299 cm³/mol. The molecule has 4 aromatic carbocycles. The van der Waals surface area contributed by atoms with E-state index < -0.39 is 0 Å². The van der Waals surface area contributed by atoms with E-state index in [-0.39, 0.29) is 68.7 Å². The Labute approximate surface area is 463 Å². The second-order valence-electron chi connectivity index (χ2n) is 19.8. The van der Waals surface area contributed by atoms with E-state index in [4.69, 9.17) is 15.2 Å². The van der Waals surface area contributed by atoms with Gasteiger partial charge in [0.25, 0.3) is 0 Å². The van der Waals surface area contributed by atoms with Gasteiger partial charge in [0.05, 0.1) is 11.5 Å². The largest absolute Gasteiger partial charge is 0.512 e. The third-order valence-corrected chi connectivity index (χ3v) is 13.4. The summed E-state index contributed by atoms with van der Waals surface area (Å²) in [5.74, 6) is 0.922. The predicted octanol–water partition coefficient (Wildman–Crippen LogP) is 17.7. The van der Waals surface area contributed by atoms with E-state index in [1.165, 1.54) is 109 Å². The molecule has 8 rings (SSSR count). The number of ketones is 2. The zero-order valence-corrected chi connectivity index (χ0v) is 50.6. The average molecular weight is 1350 g/mol. The van der Waals surface area contributed by atoms with Crippen LogP contribution in [-0.4, -0.2) is 31.7 Å². The smallest absolute Gasteiger partial charge is 0.155 e. The number of carbonyl (C=O) groups excluding carboxylic acids is 2. The molecule has 0 atom stereocenters. The molecule has 2 radical (unpaired) electrons. The van der Waals surface area contributed by atoms with Crippen molar-refractivity contribution in [1.82, 2.24) is 9.97 Å². The van der Waals surface area contributed by atoms with Gasteiger partial charge in [0.15, 0.2) is 11.6 Å². The molecule has 10 heteroatoms. The number of pyridine rings is 2. The summed E-state index contributed by atoms with van der Waals surface area (Å²) in [5, 5.41) is 19.1. The standard InChI is InChI=1S/C27H28NS.C25H24NS.2C5H8O2.2Ir/c1-16(2)20-10-21(17(3)4)12-23(11-20)26-13-24-15-28-25(14-27(24)29-26)22-8-18(5)7-19(6)9-22;1-16-10-17(2)12-19(11-16)22-14-24-20(15-26-22)13-23(27-24)18-6-8-21(9-7-18)25(3,4)5;2*1-4(6)3-5(2)7;;/h7-8,10-17H,1-6H3;6-11,13-15H,1-5H3;2*3,6H,1-2H3;;/q2*-1;;;;. The Hall–Kier alpha value is -5.18. The minimum atomic E-state index is -0.125. The summed E-state index contributed by atoms with van der Waals surface area (Å²) in [6.07, 6.45) is 6.32. The molecule has 0 amide bonds. The molecule has 0 saturated heterocycles. The molecule has 0 bridgehead atoms. The number of carbonyl (C=O) groups is 2. The molecule has 0 spiro atoms. The molecule has 382 valence electrons. The van der Waals surface area contributed by atoms with E-state index in [9.17, 15) is 9.59 Å². The SMILES string of the molecule is CC(=O)C=C(C)O.CC(=O)C=C(C)O.Cc1[c-]c(-c2cc3sc(-c4cc(C(C)C)cc(C(C)C)c4)cc3cn2)cc(C)c1.Cc1[c-]c(-c2cc3sc(-c4ccc(C(C)(C)C)cc4)cc3cn2)cc(C)c1.[Ir].[Ir]. The fraction of sp³-hybridized carbons (Fsp3) is 0.290. The van der Waals surface area contributed by atoms with Crippen LogP contribution < -0.4 is 0 Å². The molecule has 72 heavy (non-hydrogen) atoms. The van der Waals surface area contributed by atoms with Gasteiger partial charge in [-0.05, 0) is 96.3 Å². The van der Waals surface area contributed by atoms with Gasteiger partial charge in [0.2, 0.25) is 0 Å². The average Bonchev–Trinajstić information content (AvgIpc) is 3.89. The van der Waals surface area contributed by atoms with Crippen LogP contribution in [0.3, 0.4) is 0 Å². The Bertz CT molecular complexity index is 3090. The number of hydrogen-bond acceptors (Lipinski definition) is 8. The summed E-state index contributed by atoms with van der Waals surface area (Å²) in [5.41, 5.74) is 15.9. The van der Waals surface area contributed by atoms with Gasteiger partial charge in [-0.3, -0.25) is 9.59 Å². The second-order valence-corrected chi connectivity index (χ2v) is 21.9. The molecule has 4 aromatic heterocycles. The first kappa shape index (κ1) is 61.1. The quantitative estimate of drug-likeness (QED) is 0.0893. The van der Waals surface area contributed by atoms with Gasteiger partial charge in [-0.25, -0.2) is 0 Å². The number of fused-ring (bicyclic) bond motifs is 2. The zero-order chi connectivity index (χ0) is 51.6. The molecule has 4 heterocycles. The Morgan fingerprint density at radius 3 is 1.26 bits per heavy atom. The molecule has 0 unspecified atom stereocenters. The summed E-state index contributed by atoms with van der Waals surface area (Å²) in [7, 11) is 0. The van der Waals surface area contributed by atoms with Crippen LogP contribution in [0.15, 0.2) is 127 Å². The van der Waals surface area contributed by atoms with Gasteiger partial charge in [-0.2, -0.15) is 0 Å². The molecular formula is C62H68Ir2N2O4S2-2. The maximum Gasteiger partial charge on any atom is 0.155 e. The fourth-order valence-corrected chi connectivity index (χ4v) is 9.86. The van der Waals surface area contributed by atoms with Gasteiger partial charge < -0.3 is 20.2 Å². The first-order valence-electron chi connectivity index (χ1n) is 23.7. The zero-order valence-electron chi connectivity index (χ0n) is 44.2. The number of allylic oxidation sites excluding steroid dienone is 4. The molecule has 0 aliphatic heterocycles. The monoisotopic (exact) mass is 1350 g/mol. The summed E-state index contributed by atoms with van der Waals surface area (Å²) in [6, 6.07) is 40.5. The van der Waals surface area contributed by atoms with Gasteiger partial charge in [-0.15, -0.1) is 92.5 Å². The van der Waals surface area contributed by atoms with Crippen LogP contribution in [0.25, 0.3) is 63.6 Å². The van der Waals surface area contributed by atoms with Gasteiger partial charge >= 0.3 is 0 Å². The Balaban J connectivity index is 0.000000295. The fourth-order valence-electron chi connectivity index (χ4n) is 7.72. The maximum atomic E-state index is 10.0. The maximum absolute atomic E-state index is 10.0. The molecule has 8 aromatic rings. The number of aliphatic hydroxyl groups excluding tert-OH is 2. The van der Waals surface area contributed by atoms with Crippen molar-refractivity contribution < 1.29 is 60.0 Å². The number of rotatable bonds is 8. The Morgan fingerprint density at radius 1 is 0.556 bits per heavy atom. The first-order valence-corrected chi connectivity index (χ1v) is 25.3. The van der Waals surface area contributed by atoms with Crippen molar-refractivity contribution in [3.8, 4) is 43.4 Å². The van der Waals surface area contributed by atoms with Crippen molar-refractivity contribution in [3.05, 3.63) is 178 Å². The van der Waals surface area contributed by atoms with Crippen molar-refractivity contribution in [3.63, 3.8) is 0 Å². The number of nitrogens with zero attached hydrogens (tertiary/aromatic N) is 2. The van der Waals surface area contributed by atoms with E-state index in [0.717, 1.165) is 33.6 Å². The number of aliphatic hydroxyl groups is 2. The van der Waals surface area contributed by atoms with Crippen LogP contribution >= 0.6 is 22.7 Å². The van der Waals surface area contributed by atoms with Crippen molar-refractivity contribution in [2.24, 2.45) is 0 Å². The molecule has 0 fully saturated rings. The molecule has 0 aliphatic rings. The van der Waals surface area contributed by atoms with Crippen molar-refractivity contribution in [2.75, 3.05) is 0 Å². The minimum absolute atomic E-state index is 0. The van der Waals surface area contributed by atoms with Gasteiger partial charge in [0.1, 0.15) is 0 Å². The summed E-state index contributed by atoms with van der Waals surface area (Å²) >= 11 is 3.68. The van der Waals surface area contributed by atoms with E-state index >= 15 is 0 Å². The normalized spacial score (nSPS) is 11.4. The van der Waals surface area contributed by atoms with Gasteiger partial charge in [0, 0.05) is 94.7 Å².